The van der Waals surface area contributed by atoms with Gasteiger partial charge in [-0.05, 0) is 40.9 Å². The number of hydrogen-bond donors (Lipinski definition) is 1. The van der Waals surface area contributed by atoms with Crippen LogP contribution in [0.25, 0.3) is 0 Å². The normalized spacial score (nSPS) is 20.5. The third-order valence-electron chi connectivity index (χ3n) is 3.34. The number of hydrogen-bond acceptors (Lipinski definition) is 2. The zero-order valence-corrected chi connectivity index (χ0v) is 11.9. The lowest BCUT2D eigenvalue weighted by molar-refractivity contribution is 0.587. The predicted octanol–water partition coefficient (Wildman–Crippen LogP) is 4.15. The van der Waals surface area contributed by atoms with E-state index in [4.69, 9.17) is 0 Å². The molecule has 1 nitrogen and oxygen atoms in total. The molecule has 2 rings (SSSR count). The fraction of sp³-hybridized carbons (Fsp3) is 0.600. The summed E-state index contributed by atoms with van der Waals surface area (Å²) in [6.07, 6.45) is 1.37. The van der Waals surface area contributed by atoms with Crippen molar-refractivity contribution in [2.45, 2.75) is 32.6 Å². The molecule has 0 bridgehead atoms. The Morgan fingerprint density at radius 1 is 1.29 bits per heavy atom. The maximum Gasteiger partial charge on any atom is 0.0378 e. The van der Waals surface area contributed by atoms with Crippen LogP contribution in [-0.4, -0.2) is 18.1 Å². The van der Waals surface area contributed by atoms with Gasteiger partial charge in [-0.2, -0.15) is 11.8 Å². The molecular weight excluding hydrogens is 226 g/mol. The maximum absolute atomic E-state index is 3.65. The summed E-state index contributed by atoms with van der Waals surface area (Å²) < 4.78 is 0. The molecule has 1 unspecified atom stereocenters. The largest absolute Gasteiger partial charge is 0.384 e. The molecule has 94 valence electrons. The maximum atomic E-state index is 3.65. The summed E-state index contributed by atoms with van der Waals surface area (Å²) in [6, 6.07) is 8.71. The molecule has 1 aliphatic rings. The molecule has 1 aliphatic heterocycles. The number of anilines is 1. The Hall–Kier alpha value is -0.630. The lowest BCUT2D eigenvalue weighted by Crippen LogP contribution is -2.18. The van der Waals surface area contributed by atoms with E-state index in [2.05, 4.69) is 62.1 Å². The highest BCUT2D eigenvalue weighted by Gasteiger charge is 2.19. The minimum atomic E-state index is 0.216. The van der Waals surface area contributed by atoms with Crippen LogP contribution in [-0.2, 0) is 5.41 Å². The molecule has 17 heavy (non-hydrogen) atoms. The van der Waals surface area contributed by atoms with Crippen LogP contribution in [0.3, 0.4) is 0 Å². The third-order valence-corrected chi connectivity index (χ3v) is 4.57. The summed E-state index contributed by atoms with van der Waals surface area (Å²) in [5, 5.41) is 3.65. The van der Waals surface area contributed by atoms with Crippen molar-refractivity contribution in [3.8, 4) is 0 Å². The fourth-order valence-electron chi connectivity index (χ4n) is 2.29. The van der Waals surface area contributed by atoms with Crippen LogP contribution in [0, 0.1) is 5.92 Å². The van der Waals surface area contributed by atoms with Crippen molar-refractivity contribution in [3.63, 3.8) is 0 Å². The Morgan fingerprint density at radius 2 is 2.06 bits per heavy atom. The second-order valence-corrected chi connectivity index (χ2v) is 7.06. The molecular formula is C15H23NS. The first-order valence-corrected chi connectivity index (χ1v) is 7.64. The second kappa shape index (κ2) is 5.34. The Bertz CT molecular complexity index is 361. The number of rotatable bonds is 3. The summed E-state index contributed by atoms with van der Waals surface area (Å²) in [7, 11) is 0. The number of nitrogens with one attached hydrogen (secondary N) is 1. The summed E-state index contributed by atoms with van der Waals surface area (Å²) >= 11 is 2.09. The van der Waals surface area contributed by atoms with Gasteiger partial charge in [0.05, 0.1) is 0 Å². The molecule has 0 radical (unpaired) electrons. The average Bonchev–Trinajstić information content (AvgIpc) is 2.78. The van der Waals surface area contributed by atoms with Crippen molar-refractivity contribution < 1.29 is 0 Å². The average molecular weight is 249 g/mol. The molecule has 2 heteroatoms. The lowest BCUT2D eigenvalue weighted by atomic mass is 9.86. The molecule has 0 aliphatic carbocycles. The lowest BCUT2D eigenvalue weighted by Gasteiger charge is -2.24. The Kier molecular flexibility index (Phi) is 4.03. The highest BCUT2D eigenvalue weighted by Crippen LogP contribution is 2.30. The minimum absolute atomic E-state index is 0.216. The second-order valence-electron chi connectivity index (χ2n) is 5.91. The molecule has 1 aromatic carbocycles. The van der Waals surface area contributed by atoms with E-state index in [1.165, 1.54) is 29.2 Å². The number of benzene rings is 1. The van der Waals surface area contributed by atoms with Crippen LogP contribution in [0.2, 0.25) is 0 Å². The van der Waals surface area contributed by atoms with E-state index >= 15 is 0 Å². The smallest absolute Gasteiger partial charge is 0.0378 e. The number of para-hydroxylation sites is 1. The van der Waals surface area contributed by atoms with E-state index in [0.29, 0.717) is 0 Å². The summed E-state index contributed by atoms with van der Waals surface area (Å²) in [5.74, 6) is 3.52. The van der Waals surface area contributed by atoms with Crippen LogP contribution in [0.1, 0.15) is 32.8 Å². The zero-order chi connectivity index (χ0) is 12.3. The molecule has 0 amide bonds. The van der Waals surface area contributed by atoms with Crippen molar-refractivity contribution in [2.24, 2.45) is 5.92 Å². The van der Waals surface area contributed by atoms with Crippen LogP contribution in [0.5, 0.6) is 0 Å². The highest BCUT2D eigenvalue weighted by atomic mass is 32.2. The van der Waals surface area contributed by atoms with Gasteiger partial charge in [0, 0.05) is 12.2 Å². The summed E-state index contributed by atoms with van der Waals surface area (Å²) in [6.45, 7) is 7.96. The van der Waals surface area contributed by atoms with Gasteiger partial charge in [-0.15, -0.1) is 0 Å². The summed E-state index contributed by atoms with van der Waals surface area (Å²) in [4.78, 5) is 0. The minimum Gasteiger partial charge on any atom is -0.384 e. The number of thioether (sulfide) groups is 1. The van der Waals surface area contributed by atoms with Gasteiger partial charge in [-0.25, -0.2) is 0 Å². The van der Waals surface area contributed by atoms with E-state index < -0.39 is 0 Å². The van der Waals surface area contributed by atoms with E-state index in [-0.39, 0.29) is 5.41 Å². The van der Waals surface area contributed by atoms with Crippen molar-refractivity contribution in [1.82, 2.24) is 0 Å². The first-order chi connectivity index (χ1) is 8.07. The molecule has 1 aromatic rings. The standard InChI is InChI=1S/C15H23NS/c1-15(2,3)13-6-4-5-7-14(13)16-10-12-8-9-17-11-12/h4-7,12,16H,8-11H2,1-3H3. The van der Waals surface area contributed by atoms with Crippen molar-refractivity contribution >= 4 is 17.4 Å². The SMILES string of the molecule is CC(C)(C)c1ccccc1NCC1CCSC1. The van der Waals surface area contributed by atoms with Gasteiger partial charge >= 0.3 is 0 Å². The van der Waals surface area contributed by atoms with Crippen molar-refractivity contribution in [1.29, 1.82) is 0 Å². The van der Waals surface area contributed by atoms with E-state index in [1.807, 2.05) is 0 Å². The fourth-order valence-corrected chi connectivity index (χ4v) is 3.57. The van der Waals surface area contributed by atoms with E-state index in [0.717, 1.165) is 12.5 Å². The van der Waals surface area contributed by atoms with Crippen molar-refractivity contribution in [3.05, 3.63) is 29.8 Å². The quantitative estimate of drug-likeness (QED) is 0.863. The van der Waals surface area contributed by atoms with Gasteiger partial charge in [-0.1, -0.05) is 39.0 Å². The van der Waals surface area contributed by atoms with Gasteiger partial charge < -0.3 is 5.32 Å². The third kappa shape index (κ3) is 3.41. The van der Waals surface area contributed by atoms with Gasteiger partial charge in [0.15, 0.2) is 0 Å². The van der Waals surface area contributed by atoms with E-state index in [1.54, 1.807) is 0 Å². The monoisotopic (exact) mass is 249 g/mol. The molecule has 0 spiro atoms. The van der Waals surface area contributed by atoms with Crippen LogP contribution in [0.15, 0.2) is 24.3 Å². The molecule has 1 saturated heterocycles. The first kappa shape index (κ1) is 12.8. The predicted molar refractivity (Wildman–Crippen MR) is 79.1 cm³/mol. The molecule has 0 saturated carbocycles. The molecule has 1 heterocycles. The van der Waals surface area contributed by atoms with Gasteiger partial charge in [0.1, 0.15) is 0 Å². The van der Waals surface area contributed by atoms with Crippen LogP contribution < -0.4 is 5.32 Å². The first-order valence-electron chi connectivity index (χ1n) is 6.48. The molecule has 0 aromatic heterocycles. The van der Waals surface area contributed by atoms with Gasteiger partial charge in [-0.3, -0.25) is 0 Å². The van der Waals surface area contributed by atoms with Gasteiger partial charge in [0.2, 0.25) is 0 Å². The van der Waals surface area contributed by atoms with Crippen LogP contribution >= 0.6 is 11.8 Å². The Labute approximate surface area is 109 Å². The highest BCUT2D eigenvalue weighted by molar-refractivity contribution is 7.99. The summed E-state index contributed by atoms with van der Waals surface area (Å²) in [5.41, 5.74) is 2.95. The Balaban J connectivity index is 2.04. The molecule has 1 N–H and O–H groups in total. The zero-order valence-electron chi connectivity index (χ0n) is 11.1. The Morgan fingerprint density at radius 3 is 2.71 bits per heavy atom. The van der Waals surface area contributed by atoms with E-state index in [9.17, 15) is 0 Å². The molecule has 1 fully saturated rings. The van der Waals surface area contributed by atoms with Crippen molar-refractivity contribution in [2.75, 3.05) is 23.4 Å². The topological polar surface area (TPSA) is 12.0 Å². The van der Waals surface area contributed by atoms with Crippen LogP contribution in [0.4, 0.5) is 5.69 Å². The molecule has 1 atom stereocenters. The van der Waals surface area contributed by atoms with Gasteiger partial charge in [0.25, 0.3) is 0 Å².